The number of rotatable bonds is 5. The van der Waals surface area contributed by atoms with Gasteiger partial charge in [0.15, 0.2) is 0 Å². The van der Waals surface area contributed by atoms with E-state index in [9.17, 15) is 5.11 Å². The Morgan fingerprint density at radius 3 is 2.64 bits per heavy atom. The van der Waals surface area contributed by atoms with Gasteiger partial charge in [-0.25, -0.2) is 0 Å². The van der Waals surface area contributed by atoms with Crippen molar-refractivity contribution in [3.05, 3.63) is 22.4 Å². The maximum Gasteiger partial charge on any atom is 0.0487 e. The van der Waals surface area contributed by atoms with E-state index >= 15 is 0 Å². The maximum absolute atomic E-state index is 9.39. The van der Waals surface area contributed by atoms with Crippen LogP contribution in [0.5, 0.6) is 0 Å². The zero-order valence-corrected chi connectivity index (χ0v) is 10.1. The summed E-state index contributed by atoms with van der Waals surface area (Å²) in [5.41, 5.74) is 0.0734. The highest BCUT2D eigenvalue weighted by atomic mass is 32.1. The Morgan fingerprint density at radius 2 is 2.21 bits per heavy atom. The Bertz CT molecular complexity index is 253. The van der Waals surface area contributed by atoms with Crippen LogP contribution in [0.4, 0.5) is 0 Å². The number of hydrogen-bond acceptors (Lipinski definition) is 2. The van der Waals surface area contributed by atoms with Crippen molar-refractivity contribution in [2.24, 2.45) is 11.3 Å². The zero-order valence-electron chi connectivity index (χ0n) is 9.29. The molecule has 1 rings (SSSR count). The highest BCUT2D eigenvalue weighted by molar-refractivity contribution is 7.09. The van der Waals surface area contributed by atoms with Crippen LogP contribution in [0.25, 0.3) is 0 Å². The Labute approximate surface area is 90.8 Å². The molecule has 0 bridgehead atoms. The summed E-state index contributed by atoms with van der Waals surface area (Å²) in [6.07, 6.45) is 2.16. The van der Waals surface area contributed by atoms with E-state index in [1.165, 1.54) is 4.88 Å². The van der Waals surface area contributed by atoms with Gasteiger partial charge in [-0.3, -0.25) is 0 Å². The summed E-state index contributed by atoms with van der Waals surface area (Å²) >= 11 is 1.80. The molecule has 14 heavy (non-hydrogen) atoms. The molecule has 1 atom stereocenters. The van der Waals surface area contributed by atoms with Gasteiger partial charge in [-0.1, -0.05) is 26.8 Å². The summed E-state index contributed by atoms with van der Waals surface area (Å²) in [5.74, 6) is 0.535. The summed E-state index contributed by atoms with van der Waals surface area (Å²) in [7, 11) is 0. The van der Waals surface area contributed by atoms with Gasteiger partial charge in [-0.05, 0) is 35.6 Å². The largest absolute Gasteiger partial charge is 0.396 e. The van der Waals surface area contributed by atoms with Crippen molar-refractivity contribution < 1.29 is 5.11 Å². The lowest BCUT2D eigenvalue weighted by Gasteiger charge is -2.31. The molecule has 1 aromatic rings. The van der Waals surface area contributed by atoms with Gasteiger partial charge in [0.05, 0.1) is 0 Å². The highest BCUT2D eigenvalue weighted by Gasteiger charge is 2.26. The van der Waals surface area contributed by atoms with Crippen molar-refractivity contribution >= 4 is 11.3 Å². The molecule has 1 N–H and O–H groups in total. The second-order valence-corrected chi connectivity index (χ2v) is 5.58. The molecule has 1 nitrogen and oxygen atoms in total. The molecule has 0 radical (unpaired) electrons. The lowest BCUT2D eigenvalue weighted by Crippen LogP contribution is -2.28. The van der Waals surface area contributed by atoms with E-state index in [0.29, 0.717) is 5.92 Å². The Balaban J connectivity index is 2.50. The molecule has 0 saturated heterocycles. The minimum atomic E-state index is 0.0734. The third-order valence-electron chi connectivity index (χ3n) is 3.28. The SMILES string of the molecule is CC(C)C(C)(CO)CCc1cccs1. The van der Waals surface area contributed by atoms with Crippen molar-refractivity contribution in [2.75, 3.05) is 6.61 Å². The van der Waals surface area contributed by atoms with Crippen molar-refractivity contribution in [2.45, 2.75) is 33.6 Å². The zero-order chi connectivity index (χ0) is 10.6. The van der Waals surface area contributed by atoms with E-state index in [2.05, 4.69) is 38.3 Å². The first-order chi connectivity index (χ1) is 6.58. The summed E-state index contributed by atoms with van der Waals surface area (Å²) in [4.78, 5) is 1.42. The van der Waals surface area contributed by atoms with Crippen LogP contribution in [-0.4, -0.2) is 11.7 Å². The monoisotopic (exact) mass is 212 g/mol. The van der Waals surface area contributed by atoms with Gasteiger partial charge in [-0.15, -0.1) is 11.3 Å². The molecular formula is C12H20OS. The molecule has 0 fully saturated rings. The highest BCUT2D eigenvalue weighted by Crippen LogP contribution is 2.32. The van der Waals surface area contributed by atoms with Crippen LogP contribution in [0.15, 0.2) is 17.5 Å². The second kappa shape index (κ2) is 4.94. The first-order valence-corrected chi connectivity index (χ1v) is 6.10. The quantitative estimate of drug-likeness (QED) is 0.793. The predicted molar refractivity (Wildman–Crippen MR) is 62.7 cm³/mol. The van der Waals surface area contributed by atoms with Gasteiger partial charge in [0.1, 0.15) is 0 Å². The molecule has 0 amide bonds. The van der Waals surface area contributed by atoms with Gasteiger partial charge in [0.2, 0.25) is 0 Å². The fraction of sp³-hybridized carbons (Fsp3) is 0.667. The van der Waals surface area contributed by atoms with Crippen LogP contribution in [0.1, 0.15) is 32.1 Å². The molecule has 0 aromatic carbocycles. The molecule has 1 aromatic heterocycles. The topological polar surface area (TPSA) is 20.2 Å². The number of aryl methyl sites for hydroxylation is 1. The summed E-state index contributed by atoms with van der Waals surface area (Å²) in [5, 5.41) is 11.5. The normalized spacial score (nSPS) is 15.8. The molecule has 0 saturated carbocycles. The van der Waals surface area contributed by atoms with Crippen LogP contribution in [0.3, 0.4) is 0 Å². The number of hydrogen-bond donors (Lipinski definition) is 1. The third kappa shape index (κ3) is 2.82. The second-order valence-electron chi connectivity index (χ2n) is 4.55. The van der Waals surface area contributed by atoms with Crippen molar-refractivity contribution in [3.63, 3.8) is 0 Å². The fourth-order valence-corrected chi connectivity index (χ4v) is 2.12. The van der Waals surface area contributed by atoms with Gasteiger partial charge >= 0.3 is 0 Å². The average Bonchev–Trinajstić information content (AvgIpc) is 2.66. The van der Waals surface area contributed by atoms with Gasteiger partial charge in [0, 0.05) is 11.5 Å². The molecule has 1 unspecified atom stereocenters. The molecule has 80 valence electrons. The predicted octanol–water partition coefficient (Wildman–Crippen LogP) is 3.34. The van der Waals surface area contributed by atoms with Gasteiger partial charge in [-0.2, -0.15) is 0 Å². The summed E-state index contributed by atoms with van der Waals surface area (Å²) in [6, 6.07) is 4.26. The maximum atomic E-state index is 9.39. The minimum absolute atomic E-state index is 0.0734. The third-order valence-corrected chi connectivity index (χ3v) is 4.21. The first kappa shape index (κ1) is 11.7. The molecular weight excluding hydrogens is 192 g/mol. The average molecular weight is 212 g/mol. The first-order valence-electron chi connectivity index (χ1n) is 5.22. The minimum Gasteiger partial charge on any atom is -0.396 e. The van der Waals surface area contributed by atoms with E-state index in [1.54, 1.807) is 11.3 Å². The van der Waals surface area contributed by atoms with Crippen LogP contribution >= 0.6 is 11.3 Å². The van der Waals surface area contributed by atoms with E-state index in [1.807, 2.05) is 0 Å². The Kier molecular flexibility index (Phi) is 4.14. The van der Waals surface area contributed by atoms with E-state index < -0.39 is 0 Å². The van der Waals surface area contributed by atoms with Crippen molar-refractivity contribution in [1.82, 2.24) is 0 Å². The summed E-state index contributed by atoms with van der Waals surface area (Å²) < 4.78 is 0. The smallest absolute Gasteiger partial charge is 0.0487 e. The lowest BCUT2D eigenvalue weighted by molar-refractivity contribution is 0.0860. The molecule has 0 aliphatic rings. The van der Waals surface area contributed by atoms with Crippen LogP contribution in [0, 0.1) is 11.3 Å². The van der Waals surface area contributed by atoms with Crippen LogP contribution < -0.4 is 0 Å². The van der Waals surface area contributed by atoms with Crippen molar-refractivity contribution in [3.8, 4) is 0 Å². The molecule has 0 spiro atoms. The van der Waals surface area contributed by atoms with Gasteiger partial charge in [0.25, 0.3) is 0 Å². The fourth-order valence-electron chi connectivity index (χ4n) is 1.41. The van der Waals surface area contributed by atoms with Crippen LogP contribution in [0.2, 0.25) is 0 Å². The van der Waals surface area contributed by atoms with E-state index in [0.717, 1.165) is 12.8 Å². The lowest BCUT2D eigenvalue weighted by atomic mass is 9.76. The standard InChI is InChI=1S/C12H20OS/c1-10(2)12(3,9-13)7-6-11-5-4-8-14-11/h4-5,8,10,13H,6-7,9H2,1-3H3. The number of aliphatic hydroxyl groups excluding tert-OH is 1. The molecule has 2 heteroatoms. The van der Waals surface area contributed by atoms with Crippen LogP contribution in [-0.2, 0) is 6.42 Å². The number of aliphatic hydroxyl groups is 1. The molecule has 1 heterocycles. The molecule has 0 aliphatic heterocycles. The van der Waals surface area contributed by atoms with Crippen molar-refractivity contribution in [1.29, 1.82) is 0 Å². The van der Waals surface area contributed by atoms with E-state index in [4.69, 9.17) is 0 Å². The molecule has 0 aliphatic carbocycles. The Hall–Kier alpha value is -0.340. The Morgan fingerprint density at radius 1 is 1.50 bits per heavy atom. The van der Waals surface area contributed by atoms with E-state index in [-0.39, 0.29) is 12.0 Å². The number of thiophene rings is 1. The summed E-state index contributed by atoms with van der Waals surface area (Å²) in [6.45, 7) is 6.83. The van der Waals surface area contributed by atoms with Gasteiger partial charge < -0.3 is 5.11 Å².